The lowest BCUT2D eigenvalue weighted by Gasteiger charge is -2.05. The van der Waals surface area contributed by atoms with Crippen molar-refractivity contribution in [1.82, 2.24) is 15.2 Å². The molecule has 0 aliphatic carbocycles. The Morgan fingerprint density at radius 1 is 1.11 bits per heavy atom. The second-order valence-electron chi connectivity index (χ2n) is 5.76. The van der Waals surface area contributed by atoms with Crippen molar-refractivity contribution in [2.75, 3.05) is 5.32 Å². The number of rotatable bonds is 6. The van der Waals surface area contributed by atoms with E-state index in [9.17, 15) is 9.59 Å². The molecule has 9 heteroatoms. The standard InChI is InChI=1S/C19H17N5O3S/c1-12(21-16-9-5-6-10-20-16)11-17(26)22-19-24-23-18(28-19)14-7-3-4-8-15(14)27-13(2)25/h3-10H,11H2,1-2H3,(H,22,24,26)/b21-12+. The van der Waals surface area contributed by atoms with Gasteiger partial charge < -0.3 is 10.1 Å². The molecule has 3 rings (SSSR count). The zero-order valence-corrected chi connectivity index (χ0v) is 16.1. The number of benzene rings is 1. The second-order valence-corrected chi connectivity index (χ2v) is 6.74. The molecule has 1 amide bonds. The van der Waals surface area contributed by atoms with Crippen LogP contribution in [0.3, 0.4) is 0 Å². The molecule has 8 nitrogen and oxygen atoms in total. The van der Waals surface area contributed by atoms with Crippen LogP contribution in [-0.4, -0.2) is 32.8 Å². The van der Waals surface area contributed by atoms with E-state index in [1.54, 1.807) is 49.5 Å². The first-order valence-electron chi connectivity index (χ1n) is 8.37. The SMILES string of the molecule is CC(=O)Oc1ccccc1-c1nnc(NC(=O)C/C(C)=N/c2ccccn2)s1. The van der Waals surface area contributed by atoms with Gasteiger partial charge in [0.05, 0.1) is 12.0 Å². The number of amides is 1. The number of para-hydroxylation sites is 1. The van der Waals surface area contributed by atoms with Crippen LogP contribution in [0.2, 0.25) is 0 Å². The molecular weight excluding hydrogens is 378 g/mol. The van der Waals surface area contributed by atoms with Crippen molar-refractivity contribution in [2.24, 2.45) is 4.99 Å². The molecule has 0 spiro atoms. The lowest BCUT2D eigenvalue weighted by Crippen LogP contribution is -2.14. The monoisotopic (exact) mass is 395 g/mol. The molecule has 0 aliphatic heterocycles. The van der Waals surface area contributed by atoms with Crippen LogP contribution in [0.25, 0.3) is 10.6 Å². The summed E-state index contributed by atoms with van der Waals surface area (Å²) in [6.45, 7) is 3.09. The third-order valence-corrected chi connectivity index (χ3v) is 4.29. The Hall–Kier alpha value is -3.46. The minimum absolute atomic E-state index is 0.107. The summed E-state index contributed by atoms with van der Waals surface area (Å²) in [5, 5.41) is 11.7. The molecule has 1 N–H and O–H groups in total. The maximum Gasteiger partial charge on any atom is 0.308 e. The molecule has 0 aliphatic rings. The number of nitrogens with zero attached hydrogens (tertiary/aromatic N) is 4. The van der Waals surface area contributed by atoms with Crippen molar-refractivity contribution >= 4 is 39.9 Å². The highest BCUT2D eigenvalue weighted by Gasteiger charge is 2.14. The number of aliphatic imine (C=N–C) groups is 1. The number of pyridine rings is 1. The van der Waals surface area contributed by atoms with Crippen molar-refractivity contribution in [1.29, 1.82) is 0 Å². The van der Waals surface area contributed by atoms with Gasteiger partial charge in [0.2, 0.25) is 11.0 Å². The maximum absolute atomic E-state index is 12.2. The minimum atomic E-state index is -0.423. The number of nitrogens with one attached hydrogen (secondary N) is 1. The predicted molar refractivity (Wildman–Crippen MR) is 107 cm³/mol. The van der Waals surface area contributed by atoms with Crippen molar-refractivity contribution in [3.05, 3.63) is 48.7 Å². The molecule has 1 aromatic carbocycles. The molecule has 0 radical (unpaired) electrons. The van der Waals surface area contributed by atoms with Crippen molar-refractivity contribution in [3.8, 4) is 16.3 Å². The Morgan fingerprint density at radius 2 is 1.89 bits per heavy atom. The van der Waals surface area contributed by atoms with Gasteiger partial charge in [-0.3, -0.25) is 9.59 Å². The van der Waals surface area contributed by atoms with Crippen LogP contribution in [0.1, 0.15) is 20.3 Å². The summed E-state index contributed by atoms with van der Waals surface area (Å²) in [4.78, 5) is 31.9. The first kappa shape index (κ1) is 19.3. The Balaban J connectivity index is 1.67. The lowest BCUT2D eigenvalue weighted by molar-refractivity contribution is -0.131. The fourth-order valence-corrected chi connectivity index (χ4v) is 3.11. The largest absolute Gasteiger partial charge is 0.426 e. The zero-order valence-electron chi connectivity index (χ0n) is 15.2. The van der Waals surface area contributed by atoms with E-state index >= 15 is 0 Å². The number of carbonyl (C=O) groups is 2. The number of anilines is 1. The van der Waals surface area contributed by atoms with Crippen LogP contribution in [-0.2, 0) is 9.59 Å². The van der Waals surface area contributed by atoms with Gasteiger partial charge in [0.25, 0.3) is 0 Å². The summed E-state index contributed by atoms with van der Waals surface area (Å²) in [6.07, 6.45) is 1.75. The Bertz CT molecular complexity index is 1020. The van der Waals surface area contributed by atoms with Gasteiger partial charge in [-0.2, -0.15) is 0 Å². The summed E-state index contributed by atoms with van der Waals surface area (Å²) in [7, 11) is 0. The van der Waals surface area contributed by atoms with Crippen LogP contribution in [0.4, 0.5) is 10.9 Å². The molecule has 0 atom stereocenters. The van der Waals surface area contributed by atoms with E-state index in [-0.39, 0.29) is 12.3 Å². The molecule has 0 saturated carbocycles. The van der Waals surface area contributed by atoms with E-state index < -0.39 is 5.97 Å². The Morgan fingerprint density at radius 3 is 2.64 bits per heavy atom. The minimum Gasteiger partial charge on any atom is -0.426 e. The highest BCUT2D eigenvalue weighted by atomic mass is 32.1. The summed E-state index contributed by atoms with van der Waals surface area (Å²) < 4.78 is 5.19. The number of ether oxygens (including phenoxy) is 1. The lowest BCUT2D eigenvalue weighted by atomic mass is 10.2. The molecule has 0 saturated heterocycles. The summed E-state index contributed by atoms with van der Waals surface area (Å²) in [5.74, 6) is 0.261. The van der Waals surface area contributed by atoms with Crippen LogP contribution in [0.15, 0.2) is 53.7 Å². The van der Waals surface area contributed by atoms with Gasteiger partial charge in [-0.15, -0.1) is 10.2 Å². The molecule has 142 valence electrons. The van der Waals surface area contributed by atoms with Crippen LogP contribution < -0.4 is 10.1 Å². The van der Waals surface area contributed by atoms with Crippen molar-refractivity contribution < 1.29 is 14.3 Å². The van der Waals surface area contributed by atoms with Gasteiger partial charge in [0, 0.05) is 18.8 Å². The van der Waals surface area contributed by atoms with Crippen LogP contribution >= 0.6 is 11.3 Å². The third kappa shape index (κ3) is 5.27. The van der Waals surface area contributed by atoms with E-state index in [1.165, 1.54) is 18.3 Å². The van der Waals surface area contributed by atoms with E-state index in [2.05, 4.69) is 25.5 Å². The third-order valence-electron chi connectivity index (χ3n) is 3.41. The maximum atomic E-state index is 12.2. The molecule has 2 heterocycles. The first-order valence-corrected chi connectivity index (χ1v) is 9.19. The molecule has 0 fully saturated rings. The van der Waals surface area contributed by atoms with Crippen LogP contribution in [0, 0.1) is 0 Å². The normalized spacial score (nSPS) is 11.1. The number of hydrogen-bond acceptors (Lipinski definition) is 8. The topological polar surface area (TPSA) is 106 Å². The van der Waals surface area contributed by atoms with E-state index in [0.29, 0.717) is 33.0 Å². The smallest absolute Gasteiger partial charge is 0.308 e. The van der Waals surface area contributed by atoms with Crippen molar-refractivity contribution in [3.63, 3.8) is 0 Å². The quantitative estimate of drug-likeness (QED) is 0.388. The van der Waals surface area contributed by atoms with Crippen LogP contribution in [0.5, 0.6) is 5.75 Å². The molecule has 0 bridgehead atoms. The highest BCUT2D eigenvalue weighted by molar-refractivity contribution is 7.18. The average Bonchev–Trinajstić information content (AvgIpc) is 3.10. The molecule has 3 aromatic rings. The van der Waals surface area contributed by atoms with Gasteiger partial charge in [0.1, 0.15) is 5.75 Å². The fraction of sp³-hybridized carbons (Fsp3) is 0.158. The number of aromatic nitrogens is 3. The number of hydrogen-bond donors (Lipinski definition) is 1. The van der Waals surface area contributed by atoms with Gasteiger partial charge >= 0.3 is 5.97 Å². The molecule has 2 aromatic heterocycles. The summed E-state index contributed by atoms with van der Waals surface area (Å²) in [6, 6.07) is 12.4. The van der Waals surface area contributed by atoms with Gasteiger partial charge in [0.15, 0.2) is 10.8 Å². The van der Waals surface area contributed by atoms with E-state index in [0.717, 1.165) is 0 Å². The average molecular weight is 395 g/mol. The van der Waals surface area contributed by atoms with Gasteiger partial charge in [-0.1, -0.05) is 29.5 Å². The summed E-state index contributed by atoms with van der Waals surface area (Å²) >= 11 is 1.19. The fourth-order valence-electron chi connectivity index (χ4n) is 2.32. The van der Waals surface area contributed by atoms with Gasteiger partial charge in [-0.25, -0.2) is 9.98 Å². The predicted octanol–water partition coefficient (Wildman–Crippen LogP) is 3.65. The molecular formula is C19H17N5O3S. The number of carbonyl (C=O) groups excluding carboxylic acids is 2. The highest BCUT2D eigenvalue weighted by Crippen LogP contribution is 2.33. The van der Waals surface area contributed by atoms with Gasteiger partial charge in [-0.05, 0) is 31.2 Å². The summed E-state index contributed by atoms with van der Waals surface area (Å²) in [5.41, 5.74) is 1.25. The number of esters is 1. The Labute approximate surface area is 165 Å². The van der Waals surface area contributed by atoms with E-state index in [4.69, 9.17) is 4.74 Å². The van der Waals surface area contributed by atoms with Crippen molar-refractivity contribution in [2.45, 2.75) is 20.3 Å². The molecule has 28 heavy (non-hydrogen) atoms. The first-order chi connectivity index (χ1) is 13.5. The second kappa shape index (κ2) is 8.96. The van der Waals surface area contributed by atoms with E-state index in [1.807, 2.05) is 6.07 Å². The zero-order chi connectivity index (χ0) is 19.9. The Kier molecular flexibility index (Phi) is 6.18. The molecule has 0 unspecified atom stereocenters.